The van der Waals surface area contributed by atoms with Crippen molar-refractivity contribution in [2.75, 3.05) is 6.54 Å². The monoisotopic (exact) mass is 292 g/mol. The Balaban J connectivity index is 2.04. The minimum absolute atomic E-state index is 0.250. The van der Waals surface area contributed by atoms with E-state index in [0.717, 1.165) is 11.1 Å². The van der Waals surface area contributed by atoms with Gasteiger partial charge in [-0.2, -0.15) is 0 Å². The number of rotatable bonds is 5. The molecule has 0 aliphatic heterocycles. The summed E-state index contributed by atoms with van der Waals surface area (Å²) in [6.07, 6.45) is 3.16. The van der Waals surface area contributed by atoms with Crippen LogP contribution in [0.3, 0.4) is 0 Å². The predicted molar refractivity (Wildman–Crippen MR) is 77.1 cm³/mol. The fourth-order valence-electron chi connectivity index (χ4n) is 1.89. The molecular formula is C14H16N2O3S. The summed E-state index contributed by atoms with van der Waals surface area (Å²) in [5.41, 5.74) is 1.66. The second-order valence-electron chi connectivity index (χ2n) is 4.51. The van der Waals surface area contributed by atoms with Gasteiger partial charge in [-0.05, 0) is 18.9 Å². The van der Waals surface area contributed by atoms with Crippen molar-refractivity contribution in [3.63, 3.8) is 0 Å². The van der Waals surface area contributed by atoms with Gasteiger partial charge in [-0.1, -0.05) is 29.8 Å². The molecule has 2 aromatic rings. The number of hydrogen-bond donors (Lipinski definition) is 2. The van der Waals surface area contributed by atoms with Gasteiger partial charge in [0.1, 0.15) is 4.90 Å². The molecule has 20 heavy (non-hydrogen) atoms. The molecule has 0 aliphatic rings. The Hall–Kier alpha value is -1.92. The smallest absolute Gasteiger partial charge is 0.245 e. The maximum atomic E-state index is 12.0. The van der Waals surface area contributed by atoms with Gasteiger partial charge in [-0.25, -0.2) is 13.1 Å². The van der Waals surface area contributed by atoms with Gasteiger partial charge in [0.05, 0.1) is 0 Å². The summed E-state index contributed by atoms with van der Waals surface area (Å²) >= 11 is 0. The van der Waals surface area contributed by atoms with E-state index in [0.29, 0.717) is 6.42 Å². The highest BCUT2D eigenvalue weighted by Crippen LogP contribution is 2.05. The first-order valence-electron chi connectivity index (χ1n) is 6.21. The number of benzene rings is 1. The molecule has 0 fully saturated rings. The number of aromatic nitrogens is 1. The molecule has 1 aromatic heterocycles. The van der Waals surface area contributed by atoms with Crippen molar-refractivity contribution in [3.05, 3.63) is 64.1 Å². The standard InChI is InChI=1S/C14H16N2O3S/c1-11-3-2-4-12(9-11)5-8-16-20(18,19)14-10-15-7-6-13(14)17/h2-4,6-7,9-10,16H,5,8H2,1H3,(H,15,17). The van der Waals surface area contributed by atoms with E-state index in [1.54, 1.807) is 0 Å². The molecule has 0 aliphatic carbocycles. The van der Waals surface area contributed by atoms with Crippen LogP contribution in [-0.2, 0) is 16.4 Å². The molecule has 0 saturated carbocycles. The molecule has 106 valence electrons. The number of aromatic amines is 1. The van der Waals surface area contributed by atoms with Crippen molar-refractivity contribution in [1.82, 2.24) is 9.71 Å². The molecule has 1 aromatic carbocycles. The number of nitrogens with one attached hydrogen (secondary N) is 2. The molecule has 1 heterocycles. The molecule has 0 saturated heterocycles. The summed E-state index contributed by atoms with van der Waals surface area (Å²) in [4.78, 5) is 13.8. The maximum Gasteiger partial charge on any atom is 0.245 e. The molecule has 0 radical (unpaired) electrons. The molecular weight excluding hydrogens is 276 g/mol. The zero-order valence-corrected chi connectivity index (χ0v) is 11.9. The largest absolute Gasteiger partial charge is 0.366 e. The zero-order valence-electron chi connectivity index (χ0n) is 11.1. The third kappa shape index (κ3) is 3.55. The number of H-pyrrole nitrogens is 1. The van der Waals surface area contributed by atoms with Gasteiger partial charge >= 0.3 is 0 Å². The van der Waals surface area contributed by atoms with E-state index in [4.69, 9.17) is 0 Å². The maximum absolute atomic E-state index is 12.0. The Morgan fingerprint density at radius 2 is 2.05 bits per heavy atom. The molecule has 0 spiro atoms. The van der Waals surface area contributed by atoms with E-state index < -0.39 is 15.5 Å². The van der Waals surface area contributed by atoms with Crippen LogP contribution in [0.15, 0.2) is 52.4 Å². The van der Waals surface area contributed by atoms with Crippen LogP contribution >= 0.6 is 0 Å². The van der Waals surface area contributed by atoms with Crippen LogP contribution in [0, 0.1) is 6.92 Å². The van der Waals surface area contributed by atoms with E-state index in [9.17, 15) is 13.2 Å². The molecule has 6 heteroatoms. The van der Waals surface area contributed by atoms with Crippen LogP contribution in [0.25, 0.3) is 0 Å². The summed E-state index contributed by atoms with van der Waals surface area (Å²) in [5, 5.41) is 0. The normalized spacial score (nSPS) is 11.4. The average molecular weight is 292 g/mol. The van der Waals surface area contributed by atoms with Crippen molar-refractivity contribution in [3.8, 4) is 0 Å². The third-order valence-corrected chi connectivity index (χ3v) is 4.35. The van der Waals surface area contributed by atoms with Crippen LogP contribution in [-0.4, -0.2) is 19.9 Å². The highest BCUT2D eigenvalue weighted by atomic mass is 32.2. The molecule has 2 N–H and O–H groups in total. The predicted octanol–water partition coefficient (Wildman–Crippen LogP) is 1.20. The first kappa shape index (κ1) is 14.5. The Kier molecular flexibility index (Phi) is 4.36. The Bertz CT molecular complexity index is 751. The summed E-state index contributed by atoms with van der Waals surface area (Å²) < 4.78 is 26.4. The SMILES string of the molecule is Cc1cccc(CCNS(=O)(=O)c2c[nH]ccc2=O)c1. The van der Waals surface area contributed by atoms with Gasteiger partial charge in [-0.15, -0.1) is 0 Å². The van der Waals surface area contributed by atoms with Crippen LogP contribution in [0.4, 0.5) is 0 Å². The number of aryl methyl sites for hydroxylation is 1. The van der Waals surface area contributed by atoms with Gasteiger partial charge in [0.15, 0.2) is 0 Å². The first-order valence-corrected chi connectivity index (χ1v) is 7.70. The van der Waals surface area contributed by atoms with Crippen LogP contribution in [0.2, 0.25) is 0 Å². The van der Waals surface area contributed by atoms with Crippen LogP contribution < -0.4 is 10.2 Å². The molecule has 2 rings (SSSR count). The fourth-order valence-corrected chi connectivity index (χ4v) is 2.97. The van der Waals surface area contributed by atoms with Crippen molar-refractivity contribution >= 4 is 10.0 Å². The molecule has 5 nitrogen and oxygen atoms in total. The van der Waals surface area contributed by atoms with Crippen molar-refractivity contribution in [2.45, 2.75) is 18.2 Å². The van der Waals surface area contributed by atoms with Crippen molar-refractivity contribution in [2.24, 2.45) is 0 Å². The van der Waals surface area contributed by atoms with E-state index in [1.807, 2.05) is 31.2 Å². The lowest BCUT2D eigenvalue weighted by atomic mass is 10.1. The average Bonchev–Trinajstić information content (AvgIpc) is 2.39. The van der Waals surface area contributed by atoms with Gasteiger partial charge in [0.2, 0.25) is 15.5 Å². The summed E-state index contributed by atoms with van der Waals surface area (Å²) in [6.45, 7) is 2.23. The lowest BCUT2D eigenvalue weighted by Gasteiger charge is -2.06. The summed E-state index contributed by atoms with van der Waals surface area (Å²) in [5.74, 6) is 0. The minimum Gasteiger partial charge on any atom is -0.366 e. The van der Waals surface area contributed by atoms with Crippen molar-refractivity contribution in [1.29, 1.82) is 0 Å². The number of sulfonamides is 1. The molecule has 0 amide bonds. The molecule has 0 bridgehead atoms. The van der Waals surface area contributed by atoms with Crippen molar-refractivity contribution < 1.29 is 8.42 Å². The second-order valence-corrected chi connectivity index (χ2v) is 6.25. The van der Waals surface area contributed by atoms with Crippen LogP contribution in [0.5, 0.6) is 0 Å². The van der Waals surface area contributed by atoms with E-state index in [-0.39, 0.29) is 11.4 Å². The lowest BCUT2D eigenvalue weighted by molar-refractivity contribution is 0.580. The highest BCUT2D eigenvalue weighted by molar-refractivity contribution is 7.89. The van der Waals surface area contributed by atoms with E-state index in [1.165, 1.54) is 18.5 Å². The molecule has 0 unspecified atom stereocenters. The van der Waals surface area contributed by atoms with E-state index >= 15 is 0 Å². The van der Waals surface area contributed by atoms with Gasteiger partial charge < -0.3 is 4.98 Å². The quantitative estimate of drug-likeness (QED) is 0.869. The Morgan fingerprint density at radius 1 is 1.25 bits per heavy atom. The number of pyridine rings is 1. The molecule has 0 atom stereocenters. The topological polar surface area (TPSA) is 79.0 Å². The fraction of sp³-hybridized carbons (Fsp3) is 0.214. The third-order valence-electron chi connectivity index (χ3n) is 2.87. The first-order chi connectivity index (χ1) is 9.49. The van der Waals surface area contributed by atoms with E-state index in [2.05, 4.69) is 9.71 Å². The second kappa shape index (κ2) is 6.02. The van der Waals surface area contributed by atoms with Gasteiger partial charge in [0.25, 0.3) is 0 Å². The van der Waals surface area contributed by atoms with Gasteiger partial charge in [-0.3, -0.25) is 4.79 Å². The lowest BCUT2D eigenvalue weighted by Crippen LogP contribution is -2.30. The summed E-state index contributed by atoms with van der Waals surface area (Å²) in [7, 11) is -3.76. The van der Waals surface area contributed by atoms with Crippen LogP contribution in [0.1, 0.15) is 11.1 Å². The van der Waals surface area contributed by atoms with Gasteiger partial charge in [0, 0.05) is 25.0 Å². The Morgan fingerprint density at radius 3 is 2.75 bits per heavy atom. The zero-order chi connectivity index (χ0) is 14.6. The summed E-state index contributed by atoms with van der Waals surface area (Å²) in [6, 6.07) is 9.05. The number of hydrogen-bond acceptors (Lipinski definition) is 3. The highest BCUT2D eigenvalue weighted by Gasteiger charge is 2.16. The Labute approximate surface area is 117 Å². The minimum atomic E-state index is -3.76.